The molecular formula is C7H12O7. The quantitative estimate of drug-likeness (QED) is 0.414. The maximum atomic E-state index is 10.7. The number of hydrogen-bond donors (Lipinski definition) is 3. The van der Waals surface area contributed by atoms with Gasteiger partial charge in [0.1, 0.15) is 25.9 Å². The average Bonchev–Trinajstić information content (AvgIpc) is 2.13. The normalized spacial score (nSPS) is 12.1. The van der Waals surface area contributed by atoms with Crippen LogP contribution in [0.25, 0.3) is 0 Å². The number of carboxylic acids is 1. The number of ether oxygens (including phenoxy) is 2. The largest absolute Gasteiger partial charge is 0.480 e. The number of hydrogen-bond acceptors (Lipinski definition) is 6. The van der Waals surface area contributed by atoms with Crippen LogP contribution in [0.4, 0.5) is 0 Å². The molecule has 7 nitrogen and oxygen atoms in total. The second-order valence-electron chi connectivity index (χ2n) is 2.41. The van der Waals surface area contributed by atoms with Crippen LogP contribution in [0.2, 0.25) is 0 Å². The molecule has 0 saturated carbocycles. The lowest BCUT2D eigenvalue weighted by molar-refractivity contribution is -0.155. The van der Waals surface area contributed by atoms with Crippen molar-refractivity contribution in [1.82, 2.24) is 0 Å². The summed E-state index contributed by atoms with van der Waals surface area (Å²) in [7, 11) is 0. The van der Waals surface area contributed by atoms with Gasteiger partial charge in [0.2, 0.25) is 0 Å². The Hall–Kier alpha value is -1.18. The van der Waals surface area contributed by atoms with E-state index in [1.807, 2.05) is 0 Å². The molecule has 7 heteroatoms. The van der Waals surface area contributed by atoms with Gasteiger partial charge in [0, 0.05) is 0 Å². The van der Waals surface area contributed by atoms with Gasteiger partial charge in [-0.15, -0.1) is 0 Å². The molecule has 1 unspecified atom stereocenters. The molecule has 0 heterocycles. The van der Waals surface area contributed by atoms with Crippen molar-refractivity contribution in [3.05, 3.63) is 0 Å². The molecule has 82 valence electrons. The molecule has 0 aromatic rings. The summed E-state index contributed by atoms with van der Waals surface area (Å²) in [5.74, 6) is -1.98. The molecule has 0 spiro atoms. The van der Waals surface area contributed by atoms with E-state index in [4.69, 9.17) is 15.3 Å². The lowest BCUT2D eigenvalue weighted by Crippen LogP contribution is -2.24. The van der Waals surface area contributed by atoms with Crippen LogP contribution in [0.5, 0.6) is 0 Å². The van der Waals surface area contributed by atoms with Gasteiger partial charge in [0.25, 0.3) is 0 Å². The van der Waals surface area contributed by atoms with Crippen LogP contribution in [0.15, 0.2) is 0 Å². The van der Waals surface area contributed by atoms with Gasteiger partial charge in [-0.1, -0.05) is 0 Å². The van der Waals surface area contributed by atoms with Gasteiger partial charge in [-0.05, 0) is 0 Å². The Kier molecular flexibility index (Phi) is 6.63. The van der Waals surface area contributed by atoms with E-state index in [2.05, 4.69) is 9.47 Å². The van der Waals surface area contributed by atoms with Crippen LogP contribution in [0.1, 0.15) is 0 Å². The molecule has 0 aliphatic heterocycles. The minimum Gasteiger partial charge on any atom is -0.480 e. The van der Waals surface area contributed by atoms with Crippen molar-refractivity contribution in [2.75, 3.05) is 26.4 Å². The summed E-state index contributed by atoms with van der Waals surface area (Å²) in [6.45, 7) is -1.93. The van der Waals surface area contributed by atoms with Crippen molar-refractivity contribution >= 4 is 11.9 Å². The molecule has 3 N–H and O–H groups in total. The molecule has 0 bridgehead atoms. The van der Waals surface area contributed by atoms with Gasteiger partial charge >= 0.3 is 11.9 Å². The van der Waals surface area contributed by atoms with E-state index < -0.39 is 37.9 Å². The summed E-state index contributed by atoms with van der Waals surface area (Å²) in [6, 6.07) is 0. The van der Waals surface area contributed by atoms with Crippen molar-refractivity contribution in [1.29, 1.82) is 0 Å². The second kappa shape index (κ2) is 7.25. The summed E-state index contributed by atoms with van der Waals surface area (Å²) < 4.78 is 8.81. The number of carboxylic acid groups (broad SMARTS) is 1. The predicted molar refractivity (Wildman–Crippen MR) is 42.5 cm³/mol. The summed E-state index contributed by atoms with van der Waals surface area (Å²) in [5.41, 5.74) is 0. The Bertz CT molecular complexity index is 190. The van der Waals surface area contributed by atoms with E-state index in [1.165, 1.54) is 0 Å². The minimum absolute atomic E-state index is 0.342. The molecule has 0 aromatic heterocycles. The first kappa shape index (κ1) is 12.8. The Balaban J connectivity index is 3.41. The summed E-state index contributed by atoms with van der Waals surface area (Å²) in [5, 5.41) is 25.2. The third kappa shape index (κ3) is 7.47. The number of carbonyl (C=O) groups is 2. The van der Waals surface area contributed by atoms with E-state index in [1.54, 1.807) is 0 Å². The van der Waals surface area contributed by atoms with Gasteiger partial charge in [0.05, 0.1) is 6.61 Å². The van der Waals surface area contributed by atoms with Gasteiger partial charge < -0.3 is 24.8 Å². The van der Waals surface area contributed by atoms with E-state index in [9.17, 15) is 9.59 Å². The molecule has 14 heavy (non-hydrogen) atoms. The first-order chi connectivity index (χ1) is 6.56. The summed E-state index contributed by atoms with van der Waals surface area (Å²) >= 11 is 0. The van der Waals surface area contributed by atoms with Crippen molar-refractivity contribution in [2.24, 2.45) is 0 Å². The number of aliphatic hydroxyl groups excluding tert-OH is 2. The number of carbonyl (C=O) groups excluding carboxylic acids is 1. The maximum absolute atomic E-state index is 10.7. The number of aliphatic carboxylic acids is 1. The smallest absolute Gasteiger partial charge is 0.332 e. The molecule has 0 amide bonds. The van der Waals surface area contributed by atoms with Gasteiger partial charge in [-0.25, -0.2) is 9.59 Å². The van der Waals surface area contributed by atoms with Crippen LogP contribution in [-0.2, 0) is 19.1 Å². The van der Waals surface area contributed by atoms with Crippen molar-refractivity contribution in [3.8, 4) is 0 Å². The first-order valence-corrected chi connectivity index (χ1v) is 3.80. The molecular weight excluding hydrogens is 196 g/mol. The van der Waals surface area contributed by atoms with Crippen LogP contribution in [0, 0.1) is 0 Å². The number of aliphatic hydroxyl groups is 2. The lowest BCUT2D eigenvalue weighted by Gasteiger charge is -2.07. The van der Waals surface area contributed by atoms with Gasteiger partial charge in [-0.3, -0.25) is 0 Å². The molecule has 1 atom stereocenters. The molecule has 0 radical (unpaired) electrons. The zero-order valence-corrected chi connectivity index (χ0v) is 7.38. The monoisotopic (exact) mass is 208 g/mol. The lowest BCUT2D eigenvalue weighted by atomic mass is 10.4. The van der Waals surface area contributed by atoms with E-state index in [-0.39, 0.29) is 6.61 Å². The number of rotatable bonds is 7. The predicted octanol–water partition coefficient (Wildman–Crippen LogP) is -2.02. The molecule has 0 aromatic carbocycles. The highest BCUT2D eigenvalue weighted by Gasteiger charge is 2.08. The van der Waals surface area contributed by atoms with Crippen LogP contribution >= 0.6 is 0 Å². The minimum atomic E-state index is -1.19. The van der Waals surface area contributed by atoms with Crippen molar-refractivity contribution in [2.45, 2.75) is 6.10 Å². The standard InChI is InChI=1S/C7H12O7/c8-1-5(9)2-14-7(12)4-13-3-6(10)11/h5,8-9H,1-4H2,(H,10,11). The fraction of sp³-hybridized carbons (Fsp3) is 0.714. The Morgan fingerprint density at radius 3 is 2.43 bits per heavy atom. The highest BCUT2D eigenvalue weighted by molar-refractivity contribution is 5.72. The highest BCUT2D eigenvalue weighted by atomic mass is 16.6. The third-order valence-electron chi connectivity index (χ3n) is 1.09. The summed E-state index contributed by atoms with van der Waals surface area (Å²) in [6.07, 6.45) is -1.13. The maximum Gasteiger partial charge on any atom is 0.332 e. The third-order valence-corrected chi connectivity index (χ3v) is 1.09. The average molecular weight is 208 g/mol. The topological polar surface area (TPSA) is 113 Å². The highest BCUT2D eigenvalue weighted by Crippen LogP contribution is 1.86. The summed E-state index contributed by atoms with van der Waals surface area (Å²) in [4.78, 5) is 20.7. The zero-order chi connectivity index (χ0) is 11.0. The van der Waals surface area contributed by atoms with Crippen LogP contribution in [0.3, 0.4) is 0 Å². The van der Waals surface area contributed by atoms with E-state index in [0.29, 0.717) is 0 Å². The fourth-order valence-corrected chi connectivity index (χ4v) is 0.505. The Labute approximate surface area is 79.9 Å². The molecule has 0 rings (SSSR count). The molecule has 0 fully saturated rings. The van der Waals surface area contributed by atoms with Gasteiger partial charge in [-0.2, -0.15) is 0 Å². The molecule has 0 aliphatic rings. The first-order valence-electron chi connectivity index (χ1n) is 3.80. The number of esters is 1. The fourth-order valence-electron chi connectivity index (χ4n) is 0.505. The SMILES string of the molecule is O=C(O)COCC(=O)OCC(O)CO. The second-order valence-corrected chi connectivity index (χ2v) is 2.41. The van der Waals surface area contributed by atoms with Crippen molar-refractivity contribution < 1.29 is 34.4 Å². The molecule has 0 saturated heterocycles. The Morgan fingerprint density at radius 1 is 1.29 bits per heavy atom. The van der Waals surface area contributed by atoms with Crippen molar-refractivity contribution in [3.63, 3.8) is 0 Å². The Morgan fingerprint density at radius 2 is 1.93 bits per heavy atom. The van der Waals surface area contributed by atoms with E-state index in [0.717, 1.165) is 0 Å². The van der Waals surface area contributed by atoms with Crippen LogP contribution in [-0.4, -0.2) is 59.8 Å². The van der Waals surface area contributed by atoms with Gasteiger partial charge in [0.15, 0.2) is 0 Å². The molecule has 0 aliphatic carbocycles. The van der Waals surface area contributed by atoms with E-state index >= 15 is 0 Å². The van der Waals surface area contributed by atoms with Crippen LogP contribution < -0.4 is 0 Å². The zero-order valence-electron chi connectivity index (χ0n) is 7.38.